The van der Waals surface area contributed by atoms with Gasteiger partial charge in [0, 0.05) is 15.7 Å². The van der Waals surface area contributed by atoms with Crippen LogP contribution in [0.5, 0.6) is 0 Å². The molecule has 2 N–H and O–H groups in total. The highest BCUT2D eigenvalue weighted by molar-refractivity contribution is 9.10. The van der Waals surface area contributed by atoms with Gasteiger partial charge in [-0.15, -0.1) is 0 Å². The van der Waals surface area contributed by atoms with E-state index in [0.29, 0.717) is 5.69 Å². The molecule has 2 aromatic carbocycles. The first kappa shape index (κ1) is 16.3. The van der Waals surface area contributed by atoms with Crippen LogP contribution in [0.2, 0.25) is 0 Å². The molecule has 0 aliphatic rings. The van der Waals surface area contributed by atoms with Crippen LogP contribution in [-0.2, 0) is 0 Å². The highest BCUT2D eigenvalue weighted by Crippen LogP contribution is 2.24. The van der Waals surface area contributed by atoms with Crippen LogP contribution in [0.4, 0.5) is 5.69 Å². The maximum atomic E-state index is 9.06. The van der Waals surface area contributed by atoms with Gasteiger partial charge in [-0.05, 0) is 42.5 Å². The number of hydrogen-bond acceptors (Lipinski definition) is 5. The van der Waals surface area contributed by atoms with Gasteiger partial charge in [-0.1, -0.05) is 15.9 Å². The van der Waals surface area contributed by atoms with Crippen LogP contribution < -0.4 is 5.32 Å². The topological polar surface area (TPSA) is 112 Å². The van der Waals surface area contributed by atoms with Crippen LogP contribution in [0.25, 0.3) is 22.4 Å². The van der Waals surface area contributed by atoms with E-state index in [4.69, 9.17) is 15.8 Å². The van der Waals surface area contributed by atoms with Crippen molar-refractivity contribution in [3.05, 3.63) is 58.2 Å². The summed E-state index contributed by atoms with van der Waals surface area (Å²) in [5.74, 6) is 0.727. The lowest BCUT2D eigenvalue weighted by atomic mass is 10.2. The van der Waals surface area contributed by atoms with E-state index >= 15 is 0 Å². The number of H-pyrrole nitrogens is 1. The number of nitrogens with zero attached hydrogens (tertiary/aromatic N) is 4. The number of aromatic amines is 1. The standard InChI is InChI=1S/C18H9BrN6/c19-13-3-6-15-16(7-13)25-18(24-15)11-1-4-14(5-2-11)23-17(10-22)12(8-20)9-21/h1-7,23H,(H,24,25). The Bertz CT molecular complexity index is 1090. The maximum absolute atomic E-state index is 9.06. The SMILES string of the molecule is N#CC(C#N)=C(C#N)Nc1ccc(-c2nc3ccc(Br)cc3[nH]2)cc1. The fraction of sp³-hybridized carbons (Fsp3) is 0. The largest absolute Gasteiger partial charge is 0.345 e. The summed E-state index contributed by atoms with van der Waals surface area (Å²) < 4.78 is 0.969. The number of benzene rings is 2. The summed E-state index contributed by atoms with van der Waals surface area (Å²) >= 11 is 3.43. The zero-order chi connectivity index (χ0) is 17.8. The number of nitriles is 3. The number of aromatic nitrogens is 2. The average Bonchev–Trinajstić information content (AvgIpc) is 3.05. The molecule has 3 rings (SSSR count). The third kappa shape index (κ3) is 3.35. The zero-order valence-electron chi connectivity index (χ0n) is 12.7. The highest BCUT2D eigenvalue weighted by Gasteiger charge is 2.08. The molecule has 0 amide bonds. The number of allylic oxidation sites excluding steroid dienone is 2. The molecule has 0 fully saturated rings. The van der Waals surface area contributed by atoms with Crippen molar-refractivity contribution in [3.8, 4) is 29.6 Å². The Labute approximate surface area is 151 Å². The maximum Gasteiger partial charge on any atom is 0.163 e. The van der Waals surface area contributed by atoms with Gasteiger partial charge in [-0.25, -0.2) is 4.98 Å². The van der Waals surface area contributed by atoms with Crippen LogP contribution >= 0.6 is 15.9 Å². The van der Waals surface area contributed by atoms with Crippen LogP contribution in [0, 0.1) is 34.0 Å². The van der Waals surface area contributed by atoms with Crippen molar-refractivity contribution >= 4 is 32.7 Å². The molecule has 0 aliphatic carbocycles. The number of imidazole rings is 1. The van der Waals surface area contributed by atoms with Gasteiger partial charge in [-0.3, -0.25) is 0 Å². The van der Waals surface area contributed by atoms with Crippen LogP contribution in [-0.4, -0.2) is 9.97 Å². The Balaban J connectivity index is 1.89. The number of anilines is 1. The van der Waals surface area contributed by atoms with E-state index in [0.717, 1.165) is 26.9 Å². The molecule has 25 heavy (non-hydrogen) atoms. The fourth-order valence-corrected chi connectivity index (χ4v) is 2.62. The van der Waals surface area contributed by atoms with Gasteiger partial charge < -0.3 is 10.3 Å². The second-order valence-corrected chi connectivity index (χ2v) is 5.95. The summed E-state index contributed by atoms with van der Waals surface area (Å²) in [4.78, 5) is 7.79. The second kappa shape index (κ2) is 6.88. The Kier molecular flexibility index (Phi) is 4.48. The number of halogens is 1. The Morgan fingerprint density at radius 2 is 1.72 bits per heavy atom. The summed E-state index contributed by atoms with van der Waals surface area (Å²) in [5, 5.41) is 29.5. The predicted molar refractivity (Wildman–Crippen MR) is 96.7 cm³/mol. The van der Waals surface area contributed by atoms with Gasteiger partial charge in [0.05, 0.1) is 11.0 Å². The molecule has 0 unspecified atom stereocenters. The van der Waals surface area contributed by atoms with Crippen molar-refractivity contribution < 1.29 is 0 Å². The van der Waals surface area contributed by atoms with Crippen molar-refractivity contribution in [2.45, 2.75) is 0 Å². The smallest absolute Gasteiger partial charge is 0.163 e. The van der Waals surface area contributed by atoms with Crippen LogP contribution in [0.3, 0.4) is 0 Å². The van der Waals surface area contributed by atoms with Gasteiger partial charge in [0.1, 0.15) is 29.7 Å². The van der Waals surface area contributed by atoms with Crippen molar-refractivity contribution in [1.82, 2.24) is 9.97 Å². The van der Waals surface area contributed by atoms with E-state index < -0.39 is 0 Å². The molecule has 0 atom stereocenters. The molecule has 1 aromatic heterocycles. The zero-order valence-corrected chi connectivity index (χ0v) is 14.3. The Morgan fingerprint density at radius 3 is 2.36 bits per heavy atom. The van der Waals surface area contributed by atoms with Gasteiger partial charge in [0.25, 0.3) is 0 Å². The van der Waals surface area contributed by atoms with Crippen molar-refractivity contribution in [3.63, 3.8) is 0 Å². The fourth-order valence-electron chi connectivity index (χ4n) is 2.26. The first-order valence-electron chi connectivity index (χ1n) is 7.12. The normalized spacial score (nSPS) is 9.68. The number of rotatable bonds is 3. The molecule has 0 spiro atoms. The third-order valence-electron chi connectivity index (χ3n) is 3.46. The molecule has 6 nitrogen and oxygen atoms in total. The average molecular weight is 389 g/mol. The monoisotopic (exact) mass is 388 g/mol. The minimum Gasteiger partial charge on any atom is -0.345 e. The molecule has 0 aliphatic heterocycles. The third-order valence-corrected chi connectivity index (χ3v) is 3.95. The van der Waals surface area contributed by atoms with Crippen molar-refractivity contribution in [2.24, 2.45) is 0 Å². The summed E-state index contributed by atoms with van der Waals surface area (Å²) in [6.07, 6.45) is 0. The summed E-state index contributed by atoms with van der Waals surface area (Å²) in [5.41, 5.74) is 2.93. The first-order valence-corrected chi connectivity index (χ1v) is 7.91. The van der Waals surface area contributed by atoms with Crippen molar-refractivity contribution in [1.29, 1.82) is 15.8 Å². The molecular formula is C18H9BrN6. The van der Waals surface area contributed by atoms with E-state index in [-0.39, 0.29) is 11.3 Å². The molecule has 0 saturated heterocycles. The number of nitrogens with one attached hydrogen (secondary N) is 2. The minimum atomic E-state index is -0.255. The minimum absolute atomic E-state index is 0.0775. The molecule has 3 aromatic rings. The molecule has 0 bridgehead atoms. The van der Waals surface area contributed by atoms with E-state index in [9.17, 15) is 0 Å². The molecule has 1 heterocycles. The quantitative estimate of drug-likeness (QED) is 0.651. The Hall–Kier alpha value is -3.60. The van der Waals surface area contributed by atoms with Crippen molar-refractivity contribution in [2.75, 3.05) is 5.32 Å². The summed E-state index contributed by atoms with van der Waals surface area (Å²) in [7, 11) is 0. The molecular weight excluding hydrogens is 380 g/mol. The molecule has 118 valence electrons. The van der Waals surface area contributed by atoms with Crippen LogP contribution in [0.1, 0.15) is 0 Å². The number of hydrogen-bond donors (Lipinski definition) is 2. The molecule has 7 heteroatoms. The lowest BCUT2D eigenvalue weighted by Crippen LogP contribution is -2.00. The van der Waals surface area contributed by atoms with E-state index in [2.05, 4.69) is 31.2 Å². The van der Waals surface area contributed by atoms with E-state index in [1.807, 2.05) is 36.4 Å². The molecule has 0 saturated carbocycles. The van der Waals surface area contributed by atoms with Gasteiger partial charge in [0.15, 0.2) is 5.57 Å². The Morgan fingerprint density at radius 1 is 1.00 bits per heavy atom. The van der Waals surface area contributed by atoms with E-state index in [1.54, 1.807) is 24.3 Å². The number of fused-ring (bicyclic) bond motifs is 1. The lowest BCUT2D eigenvalue weighted by Gasteiger charge is -2.05. The summed E-state index contributed by atoms with van der Waals surface area (Å²) in [6.45, 7) is 0. The van der Waals surface area contributed by atoms with Gasteiger partial charge in [-0.2, -0.15) is 15.8 Å². The highest BCUT2D eigenvalue weighted by atomic mass is 79.9. The summed E-state index contributed by atoms with van der Waals surface area (Å²) in [6, 6.07) is 18.2. The van der Waals surface area contributed by atoms with Gasteiger partial charge in [0.2, 0.25) is 0 Å². The predicted octanol–water partition coefficient (Wildman–Crippen LogP) is 4.23. The lowest BCUT2D eigenvalue weighted by molar-refractivity contribution is 1.33. The molecule has 0 radical (unpaired) electrons. The first-order chi connectivity index (χ1) is 12.1. The van der Waals surface area contributed by atoms with Gasteiger partial charge >= 0.3 is 0 Å². The van der Waals surface area contributed by atoms with Crippen LogP contribution in [0.15, 0.2) is 58.2 Å². The second-order valence-electron chi connectivity index (χ2n) is 5.03. The van der Waals surface area contributed by atoms with E-state index in [1.165, 1.54) is 0 Å².